The fraction of sp³-hybridized carbons (Fsp3) is 0.0909. The van der Waals surface area contributed by atoms with Gasteiger partial charge in [-0.3, -0.25) is 0 Å². The maximum Gasteiger partial charge on any atom is 0.417 e. The van der Waals surface area contributed by atoms with Crippen molar-refractivity contribution in [2.24, 2.45) is 0 Å². The summed E-state index contributed by atoms with van der Waals surface area (Å²) in [5, 5.41) is 21.3. The monoisotopic (exact) mass is 351 g/mol. The molecule has 0 bridgehead atoms. The number of carbonyl (C=O) groups is 1. The molecular formula is C11H5BrF3NO4. The Hall–Kier alpha value is -2.03. The Balaban J connectivity index is 2.65. The van der Waals surface area contributed by atoms with Gasteiger partial charge in [-0.15, -0.1) is 0 Å². The second kappa shape index (κ2) is 4.82. The minimum Gasteiger partial charge on any atom is -0.507 e. The van der Waals surface area contributed by atoms with Crippen molar-refractivity contribution >= 4 is 21.9 Å². The number of carboxylic acids is 1. The fourth-order valence-electron chi connectivity index (χ4n) is 1.51. The van der Waals surface area contributed by atoms with Crippen molar-refractivity contribution in [2.45, 2.75) is 6.18 Å². The van der Waals surface area contributed by atoms with Crippen LogP contribution in [0.25, 0.3) is 11.3 Å². The number of aromatic carboxylic acids is 1. The minimum atomic E-state index is -4.74. The molecule has 0 amide bonds. The molecule has 0 aliphatic heterocycles. The van der Waals surface area contributed by atoms with E-state index in [1.54, 1.807) is 0 Å². The molecule has 0 saturated heterocycles. The third-order valence-corrected chi connectivity index (χ3v) is 3.02. The molecule has 0 radical (unpaired) electrons. The van der Waals surface area contributed by atoms with E-state index in [4.69, 9.17) is 5.11 Å². The summed E-state index contributed by atoms with van der Waals surface area (Å²) in [4.78, 5) is 10.6. The smallest absolute Gasteiger partial charge is 0.417 e. The molecule has 5 nitrogen and oxygen atoms in total. The lowest BCUT2D eigenvalue weighted by Gasteiger charge is -2.12. The summed E-state index contributed by atoms with van der Waals surface area (Å²) in [5.74, 6) is -2.63. The molecule has 1 aromatic carbocycles. The van der Waals surface area contributed by atoms with Crippen molar-refractivity contribution in [2.75, 3.05) is 0 Å². The summed E-state index contributed by atoms with van der Waals surface area (Å²) >= 11 is 2.89. The Morgan fingerprint density at radius 2 is 1.95 bits per heavy atom. The number of hydrogen-bond acceptors (Lipinski definition) is 4. The highest BCUT2D eigenvalue weighted by atomic mass is 79.9. The highest BCUT2D eigenvalue weighted by molar-refractivity contribution is 9.10. The molecule has 0 atom stereocenters. The van der Waals surface area contributed by atoms with Crippen LogP contribution in [-0.2, 0) is 6.18 Å². The van der Waals surface area contributed by atoms with Gasteiger partial charge in [0.05, 0.1) is 10.0 Å². The Bertz CT molecular complexity index is 681. The third kappa shape index (κ3) is 2.62. The lowest BCUT2D eigenvalue weighted by molar-refractivity contribution is -0.137. The van der Waals surface area contributed by atoms with Crippen LogP contribution in [-0.4, -0.2) is 21.3 Å². The quantitative estimate of drug-likeness (QED) is 0.864. The number of rotatable bonds is 2. The Kier molecular flexibility index (Phi) is 3.46. The maximum atomic E-state index is 12.9. The van der Waals surface area contributed by atoms with Gasteiger partial charge >= 0.3 is 12.1 Å². The summed E-state index contributed by atoms with van der Waals surface area (Å²) in [5.41, 5.74) is -1.85. The highest BCUT2D eigenvalue weighted by Gasteiger charge is 2.35. The second-order valence-corrected chi connectivity index (χ2v) is 4.58. The first kappa shape index (κ1) is 14.4. The predicted molar refractivity (Wildman–Crippen MR) is 63.3 cm³/mol. The number of hydrogen-bond donors (Lipinski definition) is 2. The Labute approximate surface area is 117 Å². The number of benzene rings is 1. The van der Waals surface area contributed by atoms with Crippen LogP contribution in [0.5, 0.6) is 5.75 Å². The molecule has 1 heterocycles. The van der Waals surface area contributed by atoms with Crippen molar-refractivity contribution in [1.29, 1.82) is 0 Å². The Morgan fingerprint density at radius 3 is 2.45 bits per heavy atom. The van der Waals surface area contributed by atoms with Gasteiger partial charge in [0.2, 0.25) is 5.76 Å². The number of aromatic hydroxyl groups is 1. The minimum absolute atomic E-state index is 0.0142. The zero-order valence-electron chi connectivity index (χ0n) is 9.40. The maximum absolute atomic E-state index is 12.9. The van der Waals surface area contributed by atoms with E-state index in [2.05, 4.69) is 25.6 Å². The van der Waals surface area contributed by atoms with E-state index < -0.39 is 34.8 Å². The highest BCUT2D eigenvalue weighted by Crippen LogP contribution is 2.41. The van der Waals surface area contributed by atoms with Crippen LogP contribution in [0, 0.1) is 0 Å². The van der Waals surface area contributed by atoms with Gasteiger partial charge in [-0.2, -0.15) is 13.2 Å². The number of aromatic nitrogens is 1. The zero-order chi connectivity index (χ0) is 15.1. The molecule has 0 unspecified atom stereocenters. The molecule has 2 rings (SSSR count). The third-order valence-electron chi connectivity index (χ3n) is 2.39. The SMILES string of the molecule is O=C(O)c1cc(-c2cc(Br)c(O)cc2C(F)(F)F)no1. The number of phenolic OH excluding ortho intramolecular Hbond substituents is 1. The molecule has 0 saturated carbocycles. The molecule has 1 aromatic heterocycles. The first-order valence-corrected chi connectivity index (χ1v) is 5.79. The van der Waals surface area contributed by atoms with E-state index in [1.807, 2.05) is 0 Å². The largest absolute Gasteiger partial charge is 0.507 e. The molecule has 2 aromatic rings. The van der Waals surface area contributed by atoms with Crippen LogP contribution in [0.3, 0.4) is 0 Å². The fourth-order valence-corrected chi connectivity index (χ4v) is 1.85. The van der Waals surface area contributed by atoms with E-state index in [-0.39, 0.29) is 10.2 Å². The first-order chi connectivity index (χ1) is 9.20. The number of halogens is 4. The lowest BCUT2D eigenvalue weighted by atomic mass is 10.0. The predicted octanol–water partition coefficient (Wildman–Crippen LogP) is 3.53. The lowest BCUT2D eigenvalue weighted by Crippen LogP contribution is -2.07. The summed E-state index contributed by atoms with van der Waals surface area (Å²) in [6, 6.07) is 2.38. The first-order valence-electron chi connectivity index (χ1n) is 5.00. The average molecular weight is 352 g/mol. The number of carboxylic acid groups (broad SMARTS) is 1. The van der Waals surface area contributed by atoms with Crippen molar-refractivity contribution in [3.8, 4) is 17.0 Å². The number of phenols is 1. The molecule has 0 aliphatic carbocycles. The molecule has 2 N–H and O–H groups in total. The molecule has 0 fully saturated rings. The van der Waals surface area contributed by atoms with Crippen molar-refractivity contribution in [3.05, 3.63) is 34.0 Å². The van der Waals surface area contributed by atoms with Gasteiger partial charge in [0.1, 0.15) is 11.4 Å². The molecular weight excluding hydrogens is 347 g/mol. The normalized spacial score (nSPS) is 11.6. The van der Waals surface area contributed by atoms with Crippen molar-refractivity contribution in [3.63, 3.8) is 0 Å². The molecule has 0 spiro atoms. The second-order valence-electron chi connectivity index (χ2n) is 3.73. The average Bonchev–Trinajstić information content (AvgIpc) is 2.80. The molecule has 106 valence electrons. The van der Waals surface area contributed by atoms with E-state index in [0.29, 0.717) is 6.07 Å². The van der Waals surface area contributed by atoms with Crippen LogP contribution in [0.4, 0.5) is 13.2 Å². The standard InChI is InChI=1S/C11H5BrF3NO4/c12-6-1-4(5(2-8(6)17)11(13,14)15)7-3-9(10(18)19)20-16-7/h1-3,17H,(H,18,19). The van der Waals surface area contributed by atoms with Gasteiger partial charge in [0.25, 0.3) is 0 Å². The summed E-state index contributed by atoms with van der Waals surface area (Å²) in [6.45, 7) is 0. The molecule has 0 aliphatic rings. The number of alkyl halides is 3. The van der Waals surface area contributed by atoms with Gasteiger partial charge in [-0.1, -0.05) is 5.16 Å². The summed E-state index contributed by atoms with van der Waals surface area (Å²) in [7, 11) is 0. The van der Waals surface area contributed by atoms with Crippen LogP contribution in [0.1, 0.15) is 16.1 Å². The van der Waals surface area contributed by atoms with Crippen LogP contribution >= 0.6 is 15.9 Å². The van der Waals surface area contributed by atoms with Crippen LogP contribution in [0.15, 0.2) is 27.2 Å². The Morgan fingerprint density at radius 1 is 1.30 bits per heavy atom. The van der Waals surface area contributed by atoms with E-state index in [0.717, 1.165) is 12.1 Å². The zero-order valence-corrected chi connectivity index (χ0v) is 11.0. The topological polar surface area (TPSA) is 83.6 Å². The van der Waals surface area contributed by atoms with Gasteiger partial charge in [0.15, 0.2) is 0 Å². The van der Waals surface area contributed by atoms with E-state index >= 15 is 0 Å². The summed E-state index contributed by atoms with van der Waals surface area (Å²) in [6.07, 6.45) is -4.74. The van der Waals surface area contributed by atoms with Crippen molar-refractivity contribution < 1.29 is 32.7 Å². The summed E-state index contributed by atoms with van der Waals surface area (Å²) < 4.78 is 43.2. The molecule has 9 heteroatoms. The van der Waals surface area contributed by atoms with Gasteiger partial charge in [0, 0.05) is 11.6 Å². The molecule has 20 heavy (non-hydrogen) atoms. The van der Waals surface area contributed by atoms with Crippen molar-refractivity contribution in [1.82, 2.24) is 5.16 Å². The van der Waals surface area contributed by atoms with Crippen LogP contribution < -0.4 is 0 Å². The van der Waals surface area contributed by atoms with E-state index in [9.17, 15) is 23.1 Å². The van der Waals surface area contributed by atoms with Crippen LogP contribution in [0.2, 0.25) is 0 Å². The van der Waals surface area contributed by atoms with E-state index in [1.165, 1.54) is 0 Å². The van der Waals surface area contributed by atoms with Gasteiger partial charge in [-0.05, 0) is 28.1 Å². The number of nitrogens with zero attached hydrogens (tertiary/aromatic N) is 1. The van der Waals surface area contributed by atoms with Gasteiger partial charge < -0.3 is 14.7 Å². The van der Waals surface area contributed by atoms with Gasteiger partial charge in [-0.25, -0.2) is 4.79 Å².